The Morgan fingerprint density at radius 2 is 1.86 bits per heavy atom. The molecule has 0 saturated carbocycles. The van der Waals surface area contributed by atoms with Crippen molar-refractivity contribution in [2.24, 2.45) is 12.8 Å². The highest BCUT2D eigenvalue weighted by Crippen LogP contribution is 2.25. The number of hydrogen-bond donors (Lipinski definition) is 1. The first kappa shape index (κ1) is 14.0. The Labute approximate surface area is 128 Å². The fourth-order valence-corrected chi connectivity index (χ4v) is 2.73. The fourth-order valence-electron chi connectivity index (χ4n) is 2.61. The SMILES string of the molecule is Cn1cc(COc2ccc(Cl)cc2)c2cccc(CN)c21. The van der Waals surface area contributed by atoms with Crippen LogP contribution in [0.4, 0.5) is 0 Å². The Morgan fingerprint density at radius 1 is 1.10 bits per heavy atom. The van der Waals surface area contributed by atoms with Crippen molar-refractivity contribution in [3.63, 3.8) is 0 Å². The molecule has 0 saturated heterocycles. The number of para-hydroxylation sites is 1. The van der Waals surface area contributed by atoms with Crippen molar-refractivity contribution in [1.82, 2.24) is 4.57 Å². The second-order valence-electron chi connectivity index (χ2n) is 5.03. The number of ether oxygens (including phenoxy) is 1. The molecule has 0 aliphatic heterocycles. The number of halogens is 1. The van der Waals surface area contributed by atoms with E-state index >= 15 is 0 Å². The molecule has 108 valence electrons. The third-order valence-corrected chi connectivity index (χ3v) is 3.85. The van der Waals surface area contributed by atoms with E-state index in [9.17, 15) is 0 Å². The summed E-state index contributed by atoms with van der Waals surface area (Å²) in [4.78, 5) is 0. The lowest BCUT2D eigenvalue weighted by molar-refractivity contribution is 0.307. The Balaban J connectivity index is 1.89. The van der Waals surface area contributed by atoms with E-state index in [-0.39, 0.29) is 0 Å². The van der Waals surface area contributed by atoms with Gasteiger partial charge in [-0.3, -0.25) is 0 Å². The topological polar surface area (TPSA) is 40.2 Å². The predicted octanol–water partition coefficient (Wildman–Crippen LogP) is 3.87. The van der Waals surface area contributed by atoms with Gasteiger partial charge in [0.05, 0.1) is 5.52 Å². The van der Waals surface area contributed by atoms with Crippen LogP contribution in [0.3, 0.4) is 0 Å². The first-order valence-corrected chi connectivity index (χ1v) is 7.21. The molecule has 21 heavy (non-hydrogen) atoms. The van der Waals surface area contributed by atoms with Gasteiger partial charge in [-0.1, -0.05) is 29.8 Å². The Kier molecular flexibility index (Phi) is 3.86. The van der Waals surface area contributed by atoms with E-state index in [1.807, 2.05) is 37.4 Å². The molecule has 0 aliphatic carbocycles. The number of nitrogens with two attached hydrogens (primary N) is 1. The van der Waals surface area contributed by atoms with Gasteiger partial charge in [-0.05, 0) is 29.8 Å². The van der Waals surface area contributed by atoms with Gasteiger partial charge in [-0.2, -0.15) is 0 Å². The predicted molar refractivity (Wildman–Crippen MR) is 86.6 cm³/mol. The van der Waals surface area contributed by atoms with Crippen LogP contribution in [-0.2, 0) is 20.2 Å². The normalized spacial score (nSPS) is 11.0. The zero-order chi connectivity index (χ0) is 14.8. The summed E-state index contributed by atoms with van der Waals surface area (Å²) in [5.74, 6) is 0.811. The summed E-state index contributed by atoms with van der Waals surface area (Å²) in [6, 6.07) is 13.6. The van der Waals surface area contributed by atoms with Crippen LogP contribution >= 0.6 is 11.6 Å². The smallest absolute Gasteiger partial charge is 0.119 e. The molecular weight excluding hydrogens is 284 g/mol. The maximum atomic E-state index is 5.87. The maximum Gasteiger partial charge on any atom is 0.119 e. The quantitative estimate of drug-likeness (QED) is 0.794. The van der Waals surface area contributed by atoms with Gasteiger partial charge in [-0.15, -0.1) is 0 Å². The fraction of sp³-hybridized carbons (Fsp3) is 0.176. The van der Waals surface area contributed by atoms with E-state index in [4.69, 9.17) is 22.1 Å². The van der Waals surface area contributed by atoms with Gasteiger partial charge in [0.25, 0.3) is 0 Å². The summed E-state index contributed by atoms with van der Waals surface area (Å²) >= 11 is 5.87. The van der Waals surface area contributed by atoms with Gasteiger partial charge in [0, 0.05) is 35.8 Å². The van der Waals surface area contributed by atoms with Gasteiger partial charge >= 0.3 is 0 Å². The Bertz CT molecular complexity index is 762. The molecule has 2 aromatic carbocycles. The number of benzene rings is 2. The van der Waals surface area contributed by atoms with Crippen molar-refractivity contribution in [2.75, 3.05) is 0 Å². The largest absolute Gasteiger partial charge is 0.489 e. The van der Waals surface area contributed by atoms with Crippen molar-refractivity contribution in [2.45, 2.75) is 13.2 Å². The number of nitrogens with zero attached hydrogens (tertiary/aromatic N) is 1. The number of hydrogen-bond acceptors (Lipinski definition) is 2. The first-order valence-electron chi connectivity index (χ1n) is 6.83. The van der Waals surface area contributed by atoms with Crippen LogP contribution < -0.4 is 10.5 Å². The van der Waals surface area contributed by atoms with Gasteiger partial charge in [-0.25, -0.2) is 0 Å². The molecule has 3 aromatic rings. The van der Waals surface area contributed by atoms with Gasteiger partial charge in [0.2, 0.25) is 0 Å². The summed E-state index contributed by atoms with van der Waals surface area (Å²) < 4.78 is 7.95. The number of aryl methyl sites for hydroxylation is 1. The van der Waals surface area contributed by atoms with Crippen LogP contribution in [0.15, 0.2) is 48.7 Å². The number of aromatic nitrogens is 1. The van der Waals surface area contributed by atoms with E-state index in [2.05, 4.69) is 22.9 Å². The zero-order valence-corrected chi connectivity index (χ0v) is 12.6. The average Bonchev–Trinajstić information content (AvgIpc) is 2.83. The maximum absolute atomic E-state index is 5.87. The Hall–Kier alpha value is -1.97. The van der Waals surface area contributed by atoms with Crippen LogP contribution in [0.1, 0.15) is 11.1 Å². The van der Waals surface area contributed by atoms with Gasteiger partial charge in [0.1, 0.15) is 12.4 Å². The van der Waals surface area contributed by atoms with Gasteiger partial charge < -0.3 is 15.0 Å². The molecule has 0 fully saturated rings. The molecule has 0 aliphatic rings. The Morgan fingerprint density at radius 3 is 2.57 bits per heavy atom. The van der Waals surface area contributed by atoms with Crippen LogP contribution in [0.2, 0.25) is 5.02 Å². The van der Waals surface area contributed by atoms with E-state index in [0.29, 0.717) is 18.2 Å². The summed E-state index contributed by atoms with van der Waals surface area (Å²) in [5, 5.41) is 1.90. The summed E-state index contributed by atoms with van der Waals surface area (Å²) in [7, 11) is 2.04. The van der Waals surface area contributed by atoms with Crippen molar-refractivity contribution >= 4 is 22.5 Å². The molecule has 1 heterocycles. The molecule has 0 unspecified atom stereocenters. The molecule has 0 spiro atoms. The van der Waals surface area contributed by atoms with E-state index < -0.39 is 0 Å². The van der Waals surface area contributed by atoms with Crippen LogP contribution in [0.5, 0.6) is 5.75 Å². The molecule has 2 N–H and O–H groups in total. The number of fused-ring (bicyclic) bond motifs is 1. The second-order valence-corrected chi connectivity index (χ2v) is 5.46. The monoisotopic (exact) mass is 300 g/mol. The van der Waals surface area contributed by atoms with E-state index in [0.717, 1.165) is 16.9 Å². The summed E-state index contributed by atoms with van der Waals surface area (Å²) in [5.41, 5.74) is 9.29. The minimum atomic E-state index is 0.521. The summed E-state index contributed by atoms with van der Waals surface area (Å²) in [6.07, 6.45) is 2.10. The molecule has 0 atom stereocenters. The average molecular weight is 301 g/mol. The standard InChI is InChI=1S/C17H17ClN2O/c1-20-10-13(11-21-15-7-5-14(18)6-8-15)16-4-2-3-12(9-19)17(16)20/h2-8,10H,9,11,19H2,1H3. The molecule has 0 radical (unpaired) electrons. The van der Waals surface area contributed by atoms with Crippen molar-refractivity contribution in [3.05, 3.63) is 64.8 Å². The molecule has 0 amide bonds. The minimum Gasteiger partial charge on any atom is -0.489 e. The lowest BCUT2D eigenvalue weighted by Crippen LogP contribution is -1.99. The zero-order valence-electron chi connectivity index (χ0n) is 11.8. The third-order valence-electron chi connectivity index (χ3n) is 3.60. The minimum absolute atomic E-state index is 0.521. The number of rotatable bonds is 4. The highest BCUT2D eigenvalue weighted by Gasteiger charge is 2.10. The van der Waals surface area contributed by atoms with Crippen molar-refractivity contribution < 1.29 is 4.74 Å². The molecule has 0 bridgehead atoms. The summed E-state index contributed by atoms with van der Waals surface area (Å²) in [6.45, 7) is 1.06. The van der Waals surface area contributed by atoms with Crippen LogP contribution in [-0.4, -0.2) is 4.57 Å². The molecule has 4 heteroatoms. The molecule has 1 aromatic heterocycles. The first-order chi connectivity index (χ1) is 10.2. The van der Waals surface area contributed by atoms with E-state index in [1.54, 1.807) is 0 Å². The highest BCUT2D eigenvalue weighted by molar-refractivity contribution is 6.30. The lowest BCUT2D eigenvalue weighted by atomic mass is 10.1. The van der Waals surface area contributed by atoms with E-state index in [1.165, 1.54) is 10.9 Å². The van der Waals surface area contributed by atoms with Crippen LogP contribution in [0, 0.1) is 0 Å². The molecular formula is C17H17ClN2O. The van der Waals surface area contributed by atoms with Gasteiger partial charge in [0.15, 0.2) is 0 Å². The second kappa shape index (κ2) is 5.80. The van der Waals surface area contributed by atoms with Crippen LogP contribution in [0.25, 0.3) is 10.9 Å². The molecule has 3 nitrogen and oxygen atoms in total. The highest BCUT2D eigenvalue weighted by atomic mass is 35.5. The van der Waals surface area contributed by atoms with Crippen molar-refractivity contribution in [1.29, 1.82) is 0 Å². The lowest BCUT2D eigenvalue weighted by Gasteiger charge is -2.06. The van der Waals surface area contributed by atoms with Crippen molar-refractivity contribution in [3.8, 4) is 5.75 Å². The third kappa shape index (κ3) is 2.75. The molecule has 3 rings (SSSR count).